The van der Waals surface area contributed by atoms with Crippen LogP contribution in [0, 0.1) is 6.07 Å². The smallest absolute Gasteiger partial charge is 0.280 e. The van der Waals surface area contributed by atoms with Gasteiger partial charge in [0.15, 0.2) is 11.2 Å². The molecular weight excluding hydrogens is 474 g/mol. The molecule has 1 atom stereocenters. The van der Waals surface area contributed by atoms with E-state index >= 15 is 0 Å². The van der Waals surface area contributed by atoms with E-state index in [0.29, 0.717) is 18.7 Å². The Balaban J connectivity index is 1.31. The third-order valence-corrected chi connectivity index (χ3v) is 7.27. The predicted molar refractivity (Wildman–Crippen MR) is 156 cm³/mol. The number of aromatic amines is 1. The van der Waals surface area contributed by atoms with E-state index in [0.717, 1.165) is 12.0 Å². The fourth-order valence-electron chi connectivity index (χ4n) is 5.02. The number of imidazole rings is 1. The molecule has 0 saturated carbocycles. The molecule has 7 nitrogen and oxygen atoms in total. The molecule has 1 aromatic carbocycles. The summed E-state index contributed by atoms with van der Waals surface area (Å²) in [4.78, 5) is 23.3. The van der Waals surface area contributed by atoms with Gasteiger partial charge in [-0.05, 0) is 18.1 Å². The highest BCUT2D eigenvalue weighted by molar-refractivity contribution is 5.70. The first-order valence-corrected chi connectivity index (χ1v) is 15.0. The lowest BCUT2D eigenvalue weighted by Crippen LogP contribution is -2.18. The molecule has 3 N–H and O–H groups in total. The zero-order valence-electron chi connectivity index (χ0n) is 23.4. The summed E-state index contributed by atoms with van der Waals surface area (Å²) < 4.78 is 8.14. The average Bonchev–Trinajstić information content (AvgIpc) is 3.34. The molecule has 7 heteroatoms. The SMILES string of the molecule is CCCCCCCCCCCCCCCCCCOC(Cc1cc[c]cc1)n1cnc2c(=O)[nH]c(N)nc21. The lowest BCUT2D eigenvalue weighted by atomic mass is 10.0. The zero-order valence-corrected chi connectivity index (χ0v) is 23.4. The number of fused-ring (bicyclic) bond motifs is 1. The van der Waals surface area contributed by atoms with Gasteiger partial charge >= 0.3 is 0 Å². The normalized spacial score (nSPS) is 12.3. The van der Waals surface area contributed by atoms with Gasteiger partial charge in [-0.25, -0.2) is 4.98 Å². The number of nitrogens with one attached hydrogen (secondary N) is 1. The summed E-state index contributed by atoms with van der Waals surface area (Å²) in [5.74, 6) is 0.0788. The Kier molecular flexibility index (Phi) is 14.0. The largest absolute Gasteiger partial charge is 0.369 e. The summed E-state index contributed by atoms with van der Waals surface area (Å²) in [6.45, 7) is 2.93. The third-order valence-electron chi connectivity index (χ3n) is 7.27. The first-order valence-electron chi connectivity index (χ1n) is 15.0. The van der Waals surface area contributed by atoms with Gasteiger partial charge in [-0.2, -0.15) is 4.98 Å². The van der Waals surface area contributed by atoms with Crippen LogP contribution in [0.3, 0.4) is 0 Å². The van der Waals surface area contributed by atoms with E-state index in [4.69, 9.17) is 10.5 Å². The Morgan fingerprint density at radius 2 is 1.45 bits per heavy atom. The van der Waals surface area contributed by atoms with Crippen molar-refractivity contribution in [3.8, 4) is 0 Å². The highest BCUT2D eigenvalue weighted by atomic mass is 16.5. The summed E-state index contributed by atoms with van der Waals surface area (Å²) in [6, 6.07) is 10.9. The van der Waals surface area contributed by atoms with Crippen molar-refractivity contribution in [3.05, 3.63) is 52.6 Å². The molecule has 0 aliphatic heterocycles. The summed E-state index contributed by atoms with van der Waals surface area (Å²) >= 11 is 0. The molecule has 2 heterocycles. The molecule has 2 aromatic heterocycles. The first kappa shape index (κ1) is 29.9. The number of anilines is 1. The second kappa shape index (κ2) is 17.8. The molecule has 0 bridgehead atoms. The van der Waals surface area contributed by atoms with Crippen LogP contribution in [0.5, 0.6) is 0 Å². The van der Waals surface area contributed by atoms with Gasteiger partial charge in [0.25, 0.3) is 5.56 Å². The number of H-pyrrole nitrogens is 1. The molecule has 0 aliphatic rings. The number of benzene rings is 1. The average molecular weight is 523 g/mol. The predicted octanol–water partition coefficient (Wildman–Crippen LogP) is 7.52. The minimum atomic E-state index is -0.336. The molecule has 0 saturated heterocycles. The van der Waals surface area contributed by atoms with E-state index in [2.05, 4.69) is 27.9 Å². The summed E-state index contributed by atoms with van der Waals surface area (Å²) in [7, 11) is 0. The van der Waals surface area contributed by atoms with Gasteiger partial charge < -0.3 is 10.5 Å². The van der Waals surface area contributed by atoms with E-state index in [9.17, 15) is 4.79 Å². The van der Waals surface area contributed by atoms with Crippen LogP contribution in [0.4, 0.5) is 5.95 Å². The first-order chi connectivity index (χ1) is 18.7. The molecule has 0 amide bonds. The molecule has 0 fully saturated rings. The van der Waals surface area contributed by atoms with Crippen LogP contribution in [0.2, 0.25) is 0 Å². The Morgan fingerprint density at radius 1 is 0.895 bits per heavy atom. The molecule has 1 unspecified atom stereocenters. The van der Waals surface area contributed by atoms with E-state index in [1.165, 1.54) is 96.3 Å². The Bertz CT molecular complexity index is 1080. The Labute approximate surface area is 228 Å². The van der Waals surface area contributed by atoms with Crippen LogP contribution in [-0.2, 0) is 11.2 Å². The van der Waals surface area contributed by atoms with Crippen molar-refractivity contribution >= 4 is 17.1 Å². The number of rotatable bonds is 21. The summed E-state index contributed by atoms with van der Waals surface area (Å²) in [5.41, 5.74) is 7.31. The number of nitrogens with two attached hydrogens (primary N) is 1. The van der Waals surface area contributed by atoms with E-state index < -0.39 is 0 Å². The maximum atomic E-state index is 12.2. The van der Waals surface area contributed by atoms with Gasteiger partial charge in [-0.3, -0.25) is 14.3 Å². The molecule has 209 valence electrons. The van der Waals surface area contributed by atoms with E-state index in [1.54, 1.807) is 6.33 Å². The van der Waals surface area contributed by atoms with Crippen LogP contribution in [-0.4, -0.2) is 26.1 Å². The van der Waals surface area contributed by atoms with Crippen molar-refractivity contribution in [3.63, 3.8) is 0 Å². The lowest BCUT2D eigenvalue weighted by Gasteiger charge is -2.20. The van der Waals surface area contributed by atoms with Crippen molar-refractivity contribution in [1.82, 2.24) is 19.5 Å². The molecule has 3 rings (SSSR count). The number of hydrogen-bond acceptors (Lipinski definition) is 5. The number of hydrogen-bond donors (Lipinski definition) is 2. The maximum absolute atomic E-state index is 12.2. The monoisotopic (exact) mass is 522 g/mol. The van der Waals surface area contributed by atoms with Crippen LogP contribution >= 0.6 is 0 Å². The van der Waals surface area contributed by atoms with Gasteiger partial charge in [0, 0.05) is 13.0 Å². The van der Waals surface area contributed by atoms with E-state index in [-0.39, 0.29) is 23.3 Å². The topological polar surface area (TPSA) is 98.8 Å². The van der Waals surface area contributed by atoms with Gasteiger partial charge in [-0.15, -0.1) is 0 Å². The van der Waals surface area contributed by atoms with Crippen LogP contribution in [0.1, 0.15) is 121 Å². The van der Waals surface area contributed by atoms with Crippen LogP contribution in [0.25, 0.3) is 11.2 Å². The molecule has 0 aliphatic carbocycles. The summed E-state index contributed by atoms with van der Waals surface area (Å²) in [6.07, 6.45) is 23.5. The third kappa shape index (κ3) is 10.6. The number of ether oxygens (including phenoxy) is 1. The quantitative estimate of drug-likeness (QED) is 0.141. The number of nitrogen functional groups attached to an aromatic ring is 1. The molecule has 1 radical (unpaired) electrons. The molecule has 3 aromatic rings. The van der Waals surface area contributed by atoms with Gasteiger partial charge in [0.2, 0.25) is 5.95 Å². The fraction of sp³-hybridized carbons (Fsp3) is 0.645. The zero-order chi connectivity index (χ0) is 26.8. The van der Waals surface area contributed by atoms with Crippen molar-refractivity contribution in [2.45, 2.75) is 122 Å². The van der Waals surface area contributed by atoms with E-state index in [1.807, 2.05) is 28.8 Å². The number of aromatic nitrogens is 4. The fourth-order valence-corrected chi connectivity index (χ4v) is 5.02. The van der Waals surface area contributed by atoms with Crippen LogP contribution in [0.15, 0.2) is 35.4 Å². The minimum Gasteiger partial charge on any atom is -0.369 e. The second-order valence-corrected chi connectivity index (χ2v) is 10.5. The van der Waals surface area contributed by atoms with Gasteiger partial charge in [0.1, 0.15) is 6.23 Å². The standard InChI is InChI=1S/C31H48N5O2/c1-2-3-4-5-6-7-8-9-10-11-12-13-14-15-16-20-23-38-27(24-26-21-18-17-19-22-26)36-25-33-28-29(36)34-31(32)35-30(28)37/h18-19,21-22,25,27H,2-16,20,23-24H2,1H3,(H3,32,34,35,37). The highest BCUT2D eigenvalue weighted by Gasteiger charge is 2.18. The van der Waals surface area contributed by atoms with Crippen molar-refractivity contribution in [1.29, 1.82) is 0 Å². The minimum absolute atomic E-state index is 0.0788. The molecule has 0 spiro atoms. The summed E-state index contributed by atoms with van der Waals surface area (Å²) in [5, 5.41) is 0. The van der Waals surface area contributed by atoms with Crippen LogP contribution < -0.4 is 11.3 Å². The Morgan fingerprint density at radius 3 is 2.03 bits per heavy atom. The van der Waals surface area contributed by atoms with Gasteiger partial charge in [-0.1, -0.05) is 128 Å². The number of nitrogens with zero attached hydrogens (tertiary/aromatic N) is 3. The van der Waals surface area contributed by atoms with Crippen molar-refractivity contribution in [2.24, 2.45) is 0 Å². The maximum Gasteiger partial charge on any atom is 0.280 e. The van der Waals surface area contributed by atoms with Crippen molar-refractivity contribution in [2.75, 3.05) is 12.3 Å². The van der Waals surface area contributed by atoms with Gasteiger partial charge in [0.05, 0.1) is 6.33 Å². The molecule has 38 heavy (non-hydrogen) atoms. The second-order valence-electron chi connectivity index (χ2n) is 10.5. The Hall–Kier alpha value is -2.67. The highest BCUT2D eigenvalue weighted by Crippen LogP contribution is 2.21. The molecular formula is C31H48N5O2. The number of unbranched alkanes of at least 4 members (excludes halogenated alkanes) is 15. The lowest BCUT2D eigenvalue weighted by molar-refractivity contribution is 0.00303. The van der Waals surface area contributed by atoms with Crippen molar-refractivity contribution < 1.29 is 4.74 Å².